The number of rotatable bonds is 1. The molecule has 1 aromatic carbocycles. The van der Waals surface area contributed by atoms with Crippen LogP contribution in [0.15, 0.2) is 18.2 Å². The number of nitrogens with zero attached hydrogens (tertiary/aromatic N) is 1. The first-order valence-corrected chi connectivity index (χ1v) is 4.70. The van der Waals surface area contributed by atoms with Gasteiger partial charge < -0.3 is 5.73 Å². The summed E-state index contributed by atoms with van der Waals surface area (Å²) in [6.45, 7) is 0. The highest BCUT2D eigenvalue weighted by Crippen LogP contribution is 2.31. The van der Waals surface area contributed by atoms with Crippen molar-refractivity contribution in [1.82, 2.24) is 4.98 Å². The predicted octanol–water partition coefficient (Wildman–Crippen LogP) is 3.55. The maximum absolute atomic E-state index is 13.4. The SMILES string of the molecule is Nc1cc(C(F)F)nc2c(Cl)ccc(F)c12. The Balaban J connectivity index is 2.86. The molecule has 0 fully saturated rings. The largest absolute Gasteiger partial charge is 0.398 e. The minimum absolute atomic E-state index is 0.0306. The maximum atomic E-state index is 13.4. The lowest BCUT2D eigenvalue weighted by Gasteiger charge is -2.07. The molecule has 0 atom stereocenters. The van der Waals surface area contributed by atoms with Crippen LogP contribution in [0.4, 0.5) is 18.9 Å². The molecular weight excluding hydrogens is 241 g/mol. The van der Waals surface area contributed by atoms with Gasteiger partial charge in [0.05, 0.1) is 15.9 Å². The minimum Gasteiger partial charge on any atom is -0.398 e. The van der Waals surface area contributed by atoms with Crippen LogP contribution in [0.3, 0.4) is 0 Å². The number of aromatic nitrogens is 1. The van der Waals surface area contributed by atoms with E-state index in [4.69, 9.17) is 17.3 Å². The monoisotopic (exact) mass is 246 g/mol. The highest BCUT2D eigenvalue weighted by molar-refractivity contribution is 6.35. The van der Waals surface area contributed by atoms with Gasteiger partial charge in [-0.25, -0.2) is 18.2 Å². The van der Waals surface area contributed by atoms with E-state index in [-0.39, 0.29) is 21.6 Å². The van der Waals surface area contributed by atoms with Crippen LogP contribution in [0.25, 0.3) is 10.9 Å². The van der Waals surface area contributed by atoms with Crippen LogP contribution in [0.5, 0.6) is 0 Å². The van der Waals surface area contributed by atoms with Crippen molar-refractivity contribution in [3.05, 3.63) is 34.7 Å². The molecule has 16 heavy (non-hydrogen) atoms. The van der Waals surface area contributed by atoms with E-state index >= 15 is 0 Å². The summed E-state index contributed by atoms with van der Waals surface area (Å²) >= 11 is 5.75. The van der Waals surface area contributed by atoms with E-state index < -0.39 is 17.9 Å². The van der Waals surface area contributed by atoms with Crippen molar-refractivity contribution in [3.8, 4) is 0 Å². The summed E-state index contributed by atoms with van der Waals surface area (Å²) in [5, 5.41) is 0.0579. The third-order valence-corrected chi connectivity index (χ3v) is 2.44. The van der Waals surface area contributed by atoms with Gasteiger partial charge in [0.25, 0.3) is 6.43 Å². The number of hydrogen-bond donors (Lipinski definition) is 1. The van der Waals surface area contributed by atoms with Crippen LogP contribution in [0, 0.1) is 5.82 Å². The zero-order chi connectivity index (χ0) is 11.9. The van der Waals surface area contributed by atoms with E-state index in [0.29, 0.717) is 0 Å². The average molecular weight is 247 g/mol. The Kier molecular flexibility index (Phi) is 2.63. The number of anilines is 1. The fourth-order valence-electron chi connectivity index (χ4n) is 1.43. The van der Waals surface area contributed by atoms with Crippen molar-refractivity contribution < 1.29 is 13.2 Å². The Morgan fingerprint density at radius 3 is 2.62 bits per heavy atom. The van der Waals surface area contributed by atoms with E-state index in [9.17, 15) is 13.2 Å². The number of nitrogens with two attached hydrogens (primary N) is 1. The molecule has 2 aromatic rings. The number of alkyl halides is 2. The van der Waals surface area contributed by atoms with Gasteiger partial charge in [-0.2, -0.15) is 0 Å². The molecule has 6 heteroatoms. The summed E-state index contributed by atoms with van der Waals surface area (Å²) in [6.07, 6.45) is -2.77. The molecule has 0 spiro atoms. The number of halogens is 4. The highest BCUT2D eigenvalue weighted by Gasteiger charge is 2.15. The van der Waals surface area contributed by atoms with E-state index in [1.54, 1.807) is 0 Å². The molecule has 2 rings (SSSR count). The molecule has 1 heterocycles. The van der Waals surface area contributed by atoms with E-state index in [2.05, 4.69) is 4.98 Å². The standard InChI is InChI=1S/C10H6ClF3N2/c11-4-1-2-5(12)8-6(15)3-7(10(13)14)16-9(4)8/h1-3,10H,(H2,15,16). The minimum atomic E-state index is -2.77. The second-order valence-electron chi connectivity index (χ2n) is 3.19. The summed E-state index contributed by atoms with van der Waals surface area (Å²) in [4.78, 5) is 3.59. The summed E-state index contributed by atoms with van der Waals surface area (Å²) in [6, 6.07) is 3.32. The van der Waals surface area contributed by atoms with Crippen LogP contribution in [-0.4, -0.2) is 4.98 Å². The summed E-state index contributed by atoms with van der Waals surface area (Å²) in [5.41, 5.74) is 4.83. The number of hydrogen-bond acceptors (Lipinski definition) is 2. The van der Waals surface area contributed by atoms with Crippen LogP contribution in [0.2, 0.25) is 5.02 Å². The van der Waals surface area contributed by atoms with Crippen LogP contribution in [-0.2, 0) is 0 Å². The third kappa shape index (κ3) is 1.67. The summed E-state index contributed by atoms with van der Waals surface area (Å²) in [7, 11) is 0. The van der Waals surface area contributed by atoms with Crippen LogP contribution < -0.4 is 5.73 Å². The van der Waals surface area contributed by atoms with E-state index in [1.807, 2.05) is 0 Å². The first kappa shape index (κ1) is 11.0. The van der Waals surface area contributed by atoms with Gasteiger partial charge in [0.1, 0.15) is 11.5 Å². The number of pyridine rings is 1. The molecule has 2 nitrogen and oxygen atoms in total. The fraction of sp³-hybridized carbons (Fsp3) is 0.100. The second kappa shape index (κ2) is 3.83. The van der Waals surface area contributed by atoms with Gasteiger partial charge in [-0.3, -0.25) is 0 Å². The summed E-state index contributed by atoms with van der Waals surface area (Å²) < 4.78 is 38.3. The zero-order valence-corrected chi connectivity index (χ0v) is 8.60. The molecule has 0 amide bonds. The van der Waals surface area contributed by atoms with E-state index in [0.717, 1.165) is 12.1 Å². The Morgan fingerprint density at radius 1 is 1.31 bits per heavy atom. The third-order valence-electron chi connectivity index (χ3n) is 2.13. The highest BCUT2D eigenvalue weighted by atomic mass is 35.5. The van der Waals surface area contributed by atoms with Crippen molar-refractivity contribution in [2.24, 2.45) is 0 Å². The zero-order valence-electron chi connectivity index (χ0n) is 7.85. The average Bonchev–Trinajstić information content (AvgIpc) is 2.22. The molecule has 84 valence electrons. The molecule has 0 aliphatic heterocycles. The van der Waals surface area contributed by atoms with Crippen molar-refractivity contribution in [1.29, 1.82) is 0 Å². The topological polar surface area (TPSA) is 38.9 Å². The lowest BCUT2D eigenvalue weighted by Crippen LogP contribution is -1.98. The van der Waals surface area contributed by atoms with E-state index in [1.165, 1.54) is 6.07 Å². The lowest BCUT2D eigenvalue weighted by atomic mass is 10.1. The molecule has 0 bridgehead atoms. The van der Waals surface area contributed by atoms with Gasteiger partial charge in [-0.15, -0.1) is 0 Å². The predicted molar refractivity (Wildman–Crippen MR) is 56.1 cm³/mol. The smallest absolute Gasteiger partial charge is 0.280 e. The van der Waals surface area contributed by atoms with Crippen LogP contribution in [0.1, 0.15) is 12.1 Å². The molecule has 0 aliphatic carbocycles. The quantitative estimate of drug-likeness (QED) is 0.836. The first-order valence-electron chi connectivity index (χ1n) is 4.33. The lowest BCUT2D eigenvalue weighted by molar-refractivity contribution is 0.146. The Bertz CT molecular complexity index is 557. The molecule has 0 aliphatic rings. The molecule has 2 N–H and O–H groups in total. The normalized spacial score (nSPS) is 11.3. The number of nitrogen functional groups attached to an aromatic ring is 1. The van der Waals surface area contributed by atoms with Crippen molar-refractivity contribution >= 4 is 28.2 Å². The van der Waals surface area contributed by atoms with Gasteiger partial charge in [0.2, 0.25) is 0 Å². The van der Waals surface area contributed by atoms with Gasteiger partial charge in [-0.1, -0.05) is 11.6 Å². The Hall–Kier alpha value is -1.49. The fourth-order valence-corrected chi connectivity index (χ4v) is 1.63. The van der Waals surface area contributed by atoms with Crippen molar-refractivity contribution in [2.45, 2.75) is 6.43 Å². The van der Waals surface area contributed by atoms with Gasteiger partial charge in [-0.05, 0) is 18.2 Å². The molecule has 1 aromatic heterocycles. The summed E-state index contributed by atoms with van der Waals surface area (Å²) in [5.74, 6) is -0.634. The van der Waals surface area contributed by atoms with Crippen molar-refractivity contribution in [2.75, 3.05) is 5.73 Å². The number of benzene rings is 1. The van der Waals surface area contributed by atoms with Crippen LogP contribution >= 0.6 is 11.6 Å². The van der Waals surface area contributed by atoms with Gasteiger partial charge in [0.15, 0.2) is 0 Å². The maximum Gasteiger partial charge on any atom is 0.280 e. The number of fused-ring (bicyclic) bond motifs is 1. The van der Waals surface area contributed by atoms with Gasteiger partial charge >= 0.3 is 0 Å². The first-order chi connectivity index (χ1) is 7.50. The molecule has 0 radical (unpaired) electrons. The molecule has 0 unspecified atom stereocenters. The Morgan fingerprint density at radius 2 is 2.00 bits per heavy atom. The Labute approximate surface area is 93.8 Å². The second-order valence-corrected chi connectivity index (χ2v) is 3.60. The molecular formula is C10H6ClF3N2. The molecule has 0 saturated carbocycles. The molecule has 0 saturated heterocycles. The van der Waals surface area contributed by atoms with Crippen molar-refractivity contribution in [3.63, 3.8) is 0 Å². The van der Waals surface area contributed by atoms with Gasteiger partial charge in [0, 0.05) is 5.69 Å².